The number of benzene rings is 4. The Bertz CT molecular complexity index is 1480. The minimum Gasteiger partial charge on any atom is -0.478 e. The molecule has 0 aliphatic carbocycles. The molecular formula is C34H42N2O6S+2. The summed E-state index contributed by atoms with van der Waals surface area (Å²) in [6.45, 7) is 2.20. The number of carboxylic acids is 2. The van der Waals surface area contributed by atoms with Gasteiger partial charge in [-0.1, -0.05) is 84.9 Å². The number of quaternary nitrogens is 2. The van der Waals surface area contributed by atoms with Crippen molar-refractivity contribution in [3.8, 4) is 0 Å². The van der Waals surface area contributed by atoms with Crippen LogP contribution in [0.3, 0.4) is 0 Å². The molecule has 0 fully saturated rings. The zero-order chi connectivity index (χ0) is 32.3. The van der Waals surface area contributed by atoms with Gasteiger partial charge in [-0.05, 0) is 24.3 Å². The van der Waals surface area contributed by atoms with Gasteiger partial charge in [-0.3, -0.25) is 0 Å². The van der Waals surface area contributed by atoms with E-state index in [1.54, 1.807) is 0 Å². The average Bonchev–Trinajstić information content (AvgIpc) is 2.93. The summed E-state index contributed by atoms with van der Waals surface area (Å²) in [5, 5.41) is 18.1. The first-order valence-corrected chi connectivity index (χ1v) is 15.1. The minimum atomic E-state index is -4.25. The molecule has 0 aliphatic heterocycles. The van der Waals surface area contributed by atoms with Gasteiger partial charge >= 0.3 is 11.9 Å². The SMILES string of the molecule is C[N+](C)(C)Cc1ccccc1.C[N+](C)(C)Cc1ccccc1.O=C(O)c1ccccc1S(=O)(=O)c1ccccc1C(=O)O. The fourth-order valence-corrected chi connectivity index (χ4v) is 5.78. The summed E-state index contributed by atoms with van der Waals surface area (Å²) in [6.07, 6.45) is 0. The molecular weight excluding hydrogens is 564 g/mol. The van der Waals surface area contributed by atoms with Crippen molar-refractivity contribution in [3.05, 3.63) is 131 Å². The summed E-state index contributed by atoms with van der Waals surface area (Å²) in [7, 11) is 8.96. The Balaban J connectivity index is 0.000000247. The Morgan fingerprint density at radius 3 is 1.07 bits per heavy atom. The van der Waals surface area contributed by atoms with Crippen molar-refractivity contribution in [1.29, 1.82) is 0 Å². The lowest BCUT2D eigenvalue weighted by Gasteiger charge is -2.23. The third-order valence-corrected chi connectivity index (χ3v) is 7.68. The number of rotatable bonds is 8. The van der Waals surface area contributed by atoms with E-state index in [9.17, 15) is 18.0 Å². The summed E-state index contributed by atoms with van der Waals surface area (Å²) in [6, 6.07) is 31.3. The summed E-state index contributed by atoms with van der Waals surface area (Å²) in [5.74, 6) is -2.80. The maximum atomic E-state index is 12.6. The molecule has 0 spiro atoms. The molecule has 2 N–H and O–H groups in total. The standard InChI is InChI=1S/C14H10O6S.2C10H16N/c15-13(16)9-5-1-3-7-11(9)21(19,20)12-8-4-2-6-10(12)14(17)18;2*1-11(2,3)9-10-7-5-4-6-8-10/h1-8H,(H,15,16)(H,17,18);2*4-8H,9H2,1-3H3/q;2*+1. The molecule has 0 bridgehead atoms. The molecule has 228 valence electrons. The number of hydrogen-bond donors (Lipinski definition) is 2. The van der Waals surface area contributed by atoms with Crippen LogP contribution in [0.2, 0.25) is 0 Å². The molecule has 0 atom stereocenters. The first-order valence-electron chi connectivity index (χ1n) is 13.6. The van der Waals surface area contributed by atoms with E-state index >= 15 is 0 Å². The molecule has 0 saturated carbocycles. The second-order valence-corrected chi connectivity index (χ2v) is 13.9. The van der Waals surface area contributed by atoms with Gasteiger partial charge in [0.25, 0.3) is 0 Å². The third kappa shape index (κ3) is 11.8. The highest BCUT2D eigenvalue weighted by Crippen LogP contribution is 2.27. The summed E-state index contributed by atoms with van der Waals surface area (Å²) in [5.41, 5.74) is 2.00. The van der Waals surface area contributed by atoms with Crippen LogP contribution in [-0.2, 0) is 22.9 Å². The van der Waals surface area contributed by atoms with Crippen molar-refractivity contribution >= 4 is 21.8 Å². The highest BCUT2D eigenvalue weighted by atomic mass is 32.2. The van der Waals surface area contributed by atoms with Gasteiger partial charge in [0, 0.05) is 11.1 Å². The largest absolute Gasteiger partial charge is 0.478 e. The molecule has 8 nitrogen and oxygen atoms in total. The van der Waals surface area contributed by atoms with Gasteiger partial charge in [-0.15, -0.1) is 0 Å². The van der Waals surface area contributed by atoms with Gasteiger partial charge in [0.15, 0.2) is 0 Å². The van der Waals surface area contributed by atoms with Crippen molar-refractivity contribution in [1.82, 2.24) is 0 Å². The highest BCUT2D eigenvalue weighted by molar-refractivity contribution is 7.91. The minimum absolute atomic E-state index is 0.405. The van der Waals surface area contributed by atoms with Crippen LogP contribution in [0.4, 0.5) is 0 Å². The van der Waals surface area contributed by atoms with Crippen LogP contribution >= 0.6 is 0 Å². The zero-order valence-corrected chi connectivity index (χ0v) is 26.5. The van der Waals surface area contributed by atoms with E-state index in [1.165, 1.54) is 35.4 Å². The molecule has 4 rings (SSSR count). The molecule has 9 heteroatoms. The van der Waals surface area contributed by atoms with Crippen LogP contribution in [0.1, 0.15) is 31.8 Å². The van der Waals surface area contributed by atoms with Crippen LogP contribution in [-0.4, -0.2) is 81.8 Å². The van der Waals surface area contributed by atoms with Crippen molar-refractivity contribution in [2.45, 2.75) is 22.9 Å². The van der Waals surface area contributed by atoms with Crippen LogP contribution in [0.5, 0.6) is 0 Å². The molecule has 0 amide bonds. The van der Waals surface area contributed by atoms with Gasteiger partial charge < -0.3 is 19.2 Å². The Kier molecular flexibility index (Phi) is 12.4. The monoisotopic (exact) mass is 606 g/mol. The quantitative estimate of drug-likeness (QED) is 0.249. The highest BCUT2D eigenvalue weighted by Gasteiger charge is 2.28. The topological polar surface area (TPSA) is 109 Å². The maximum Gasteiger partial charge on any atom is 0.337 e. The lowest BCUT2D eigenvalue weighted by atomic mass is 10.2. The first-order chi connectivity index (χ1) is 20.0. The summed E-state index contributed by atoms with van der Waals surface area (Å²) >= 11 is 0. The van der Waals surface area contributed by atoms with E-state index in [1.807, 2.05) is 0 Å². The molecule has 0 saturated heterocycles. The van der Waals surface area contributed by atoms with E-state index in [0.717, 1.165) is 46.3 Å². The van der Waals surface area contributed by atoms with Crippen molar-refractivity contribution in [2.75, 3.05) is 42.3 Å². The lowest BCUT2D eigenvalue weighted by Crippen LogP contribution is -2.33. The Labute approximate surface area is 255 Å². The number of aromatic carboxylic acids is 2. The van der Waals surface area contributed by atoms with E-state index in [2.05, 4.69) is 103 Å². The molecule has 43 heavy (non-hydrogen) atoms. The number of sulfone groups is 1. The maximum absolute atomic E-state index is 12.6. The van der Waals surface area contributed by atoms with Gasteiger partial charge in [0.1, 0.15) is 13.1 Å². The van der Waals surface area contributed by atoms with Crippen LogP contribution in [0.15, 0.2) is 119 Å². The second kappa shape index (κ2) is 15.2. The fourth-order valence-electron chi connectivity index (χ4n) is 4.14. The Morgan fingerprint density at radius 1 is 0.512 bits per heavy atom. The number of carbonyl (C=O) groups is 2. The van der Waals surface area contributed by atoms with Gasteiger partial charge in [-0.25, -0.2) is 18.0 Å². The van der Waals surface area contributed by atoms with Crippen molar-refractivity contribution < 1.29 is 37.2 Å². The van der Waals surface area contributed by atoms with Gasteiger partial charge in [0.05, 0.1) is 63.2 Å². The summed E-state index contributed by atoms with van der Waals surface area (Å²) in [4.78, 5) is 21.4. The predicted octanol–water partition coefficient (Wildman–Crippen LogP) is 5.70. The zero-order valence-electron chi connectivity index (χ0n) is 25.6. The summed E-state index contributed by atoms with van der Waals surface area (Å²) < 4.78 is 27.1. The Morgan fingerprint density at radius 2 is 0.791 bits per heavy atom. The molecule has 4 aromatic carbocycles. The van der Waals surface area contributed by atoms with Crippen LogP contribution < -0.4 is 0 Å². The van der Waals surface area contributed by atoms with Gasteiger partial charge in [-0.2, -0.15) is 0 Å². The molecule has 0 unspecified atom stereocenters. The third-order valence-electron chi connectivity index (χ3n) is 5.81. The number of hydrogen-bond acceptors (Lipinski definition) is 4. The number of nitrogens with zero attached hydrogens (tertiary/aromatic N) is 2. The number of carboxylic acid groups (broad SMARTS) is 2. The molecule has 0 aromatic heterocycles. The van der Waals surface area contributed by atoms with Gasteiger partial charge in [0.2, 0.25) is 9.84 Å². The molecule has 0 aliphatic rings. The van der Waals surface area contributed by atoms with E-state index in [4.69, 9.17) is 10.2 Å². The van der Waals surface area contributed by atoms with Crippen LogP contribution in [0.25, 0.3) is 0 Å². The predicted molar refractivity (Wildman–Crippen MR) is 169 cm³/mol. The van der Waals surface area contributed by atoms with Crippen molar-refractivity contribution in [2.24, 2.45) is 0 Å². The van der Waals surface area contributed by atoms with E-state index in [0.29, 0.717) is 0 Å². The Hall–Kier alpha value is -4.31. The average molecular weight is 607 g/mol. The lowest BCUT2D eigenvalue weighted by molar-refractivity contribution is -0.884. The van der Waals surface area contributed by atoms with E-state index < -0.39 is 42.7 Å². The molecule has 0 radical (unpaired) electrons. The van der Waals surface area contributed by atoms with Crippen LogP contribution in [0, 0.1) is 0 Å². The first kappa shape index (κ1) is 34.9. The smallest absolute Gasteiger partial charge is 0.337 e. The fraction of sp³-hybridized carbons (Fsp3) is 0.235. The van der Waals surface area contributed by atoms with E-state index in [-0.39, 0.29) is 0 Å². The molecule has 0 heterocycles. The molecule has 4 aromatic rings. The normalized spacial score (nSPS) is 11.3. The second-order valence-electron chi connectivity index (χ2n) is 12.0. The van der Waals surface area contributed by atoms with Crippen molar-refractivity contribution in [3.63, 3.8) is 0 Å².